The van der Waals surface area contributed by atoms with E-state index in [2.05, 4.69) is 18.7 Å². The molecule has 2 heterocycles. The molecule has 3 aromatic rings. The fourth-order valence-electron chi connectivity index (χ4n) is 3.62. The second kappa shape index (κ2) is 12.1. The van der Waals surface area contributed by atoms with Crippen LogP contribution in [0.25, 0.3) is 16.3 Å². The monoisotopic (exact) mass is 503 g/mol. The lowest BCUT2D eigenvalue weighted by atomic mass is 10.2. The Morgan fingerprint density at radius 2 is 1.88 bits per heavy atom. The van der Waals surface area contributed by atoms with Gasteiger partial charge in [0.1, 0.15) is 5.75 Å². The van der Waals surface area contributed by atoms with Crippen molar-refractivity contribution in [2.75, 3.05) is 44.5 Å². The molecule has 9 heteroatoms. The van der Waals surface area contributed by atoms with E-state index in [0.29, 0.717) is 24.0 Å². The summed E-state index contributed by atoms with van der Waals surface area (Å²) < 4.78 is 17.4. The molecule has 2 aromatic carbocycles. The molecule has 0 saturated carbocycles. The molecule has 0 bridgehead atoms. The fraction of sp³-hybridized carbons (Fsp3) is 0.360. The van der Waals surface area contributed by atoms with Crippen molar-refractivity contribution in [1.29, 1.82) is 0 Å². The minimum Gasteiger partial charge on any atom is -0.494 e. The first-order valence-corrected chi connectivity index (χ1v) is 12.1. The van der Waals surface area contributed by atoms with E-state index in [1.807, 2.05) is 43.3 Å². The maximum atomic E-state index is 13.3. The van der Waals surface area contributed by atoms with E-state index in [1.54, 1.807) is 17.1 Å². The van der Waals surface area contributed by atoms with Gasteiger partial charge in [-0.25, -0.2) is 4.98 Å². The van der Waals surface area contributed by atoms with Crippen molar-refractivity contribution >= 4 is 51.1 Å². The van der Waals surface area contributed by atoms with E-state index < -0.39 is 0 Å². The number of fused-ring (bicyclic) bond motifs is 2. The molecule has 0 N–H and O–H groups in total. The van der Waals surface area contributed by atoms with Crippen LogP contribution in [0.15, 0.2) is 42.5 Å². The molecule has 1 amide bonds. The number of carbonyl (C=O) groups excluding carboxylic acids is 1. The molecule has 1 aliphatic rings. The number of thiazole rings is 1. The predicted octanol–water partition coefficient (Wildman–Crippen LogP) is 5.23. The molecule has 0 fully saturated rings. The van der Waals surface area contributed by atoms with Crippen LogP contribution in [0.3, 0.4) is 0 Å². The Labute approximate surface area is 210 Å². The summed E-state index contributed by atoms with van der Waals surface area (Å²) in [6.45, 7) is 10.2. The number of nitrogens with zero attached hydrogens (tertiary/aromatic N) is 3. The SMILES string of the molecule is CCOc1ccc2nc(N(CCN(CC)CC)C(=O)C=Cc3ccc4c(c3)OCO4)sc2c1.Cl. The standard InChI is InChI=1S/C25H29N3O4S.ClH/c1-4-27(5-2)13-14-28(25-26-20-10-9-19(30-6-3)16-23(20)33-25)24(29)12-8-18-7-11-21-22(15-18)32-17-31-21;/h7-12,15-16H,4-6,13-14,17H2,1-3H3;1H. The number of halogens is 1. The minimum absolute atomic E-state index is 0. The van der Waals surface area contributed by atoms with Gasteiger partial charge in [-0.2, -0.15) is 0 Å². The number of hydrogen-bond donors (Lipinski definition) is 0. The number of hydrogen-bond acceptors (Lipinski definition) is 7. The third kappa shape index (κ3) is 6.00. The molecular formula is C25H30ClN3O4S. The number of amides is 1. The van der Waals surface area contributed by atoms with Crippen LogP contribution in [0.4, 0.5) is 5.13 Å². The van der Waals surface area contributed by atoms with Gasteiger partial charge in [0.05, 0.1) is 16.8 Å². The second-order valence-corrected chi connectivity index (χ2v) is 8.53. The van der Waals surface area contributed by atoms with Gasteiger partial charge in [0, 0.05) is 19.2 Å². The largest absolute Gasteiger partial charge is 0.494 e. The lowest BCUT2D eigenvalue weighted by Gasteiger charge is -2.23. The van der Waals surface area contributed by atoms with Crippen LogP contribution in [0.5, 0.6) is 17.2 Å². The number of likely N-dealkylation sites (N-methyl/N-ethyl adjacent to an activating group) is 1. The summed E-state index contributed by atoms with van der Waals surface area (Å²) in [5.74, 6) is 2.12. The van der Waals surface area contributed by atoms with E-state index >= 15 is 0 Å². The highest BCUT2D eigenvalue weighted by atomic mass is 35.5. The molecule has 0 saturated heterocycles. The lowest BCUT2D eigenvalue weighted by molar-refractivity contribution is -0.114. The predicted molar refractivity (Wildman–Crippen MR) is 140 cm³/mol. The topological polar surface area (TPSA) is 64.1 Å². The zero-order valence-electron chi connectivity index (χ0n) is 19.7. The van der Waals surface area contributed by atoms with Crippen LogP contribution >= 0.6 is 23.7 Å². The Kier molecular flexibility index (Phi) is 9.15. The zero-order valence-corrected chi connectivity index (χ0v) is 21.3. The Balaban J connectivity index is 0.00000324. The van der Waals surface area contributed by atoms with Crippen molar-refractivity contribution in [2.24, 2.45) is 0 Å². The van der Waals surface area contributed by atoms with E-state index in [1.165, 1.54) is 11.3 Å². The van der Waals surface area contributed by atoms with Crippen LogP contribution in [0, 0.1) is 0 Å². The number of anilines is 1. The quantitative estimate of drug-likeness (QED) is 0.353. The van der Waals surface area contributed by atoms with Crippen LogP contribution in [0.1, 0.15) is 26.3 Å². The van der Waals surface area contributed by atoms with Crippen molar-refractivity contribution in [2.45, 2.75) is 20.8 Å². The van der Waals surface area contributed by atoms with Gasteiger partial charge in [-0.1, -0.05) is 31.3 Å². The summed E-state index contributed by atoms with van der Waals surface area (Å²) >= 11 is 1.50. The lowest BCUT2D eigenvalue weighted by Crippen LogP contribution is -2.38. The van der Waals surface area contributed by atoms with Crippen LogP contribution in [-0.2, 0) is 4.79 Å². The van der Waals surface area contributed by atoms with Gasteiger partial charge in [-0.15, -0.1) is 12.4 Å². The highest BCUT2D eigenvalue weighted by molar-refractivity contribution is 7.22. The summed E-state index contributed by atoms with van der Waals surface area (Å²) in [7, 11) is 0. The van der Waals surface area contributed by atoms with Gasteiger partial charge in [-0.05, 0) is 62.0 Å². The van der Waals surface area contributed by atoms with E-state index in [9.17, 15) is 4.79 Å². The zero-order chi connectivity index (χ0) is 23.2. The fourth-order valence-corrected chi connectivity index (χ4v) is 4.65. The highest BCUT2D eigenvalue weighted by Gasteiger charge is 2.19. The van der Waals surface area contributed by atoms with Crippen molar-refractivity contribution in [3.63, 3.8) is 0 Å². The van der Waals surface area contributed by atoms with Crippen LogP contribution < -0.4 is 19.1 Å². The summed E-state index contributed by atoms with van der Waals surface area (Å²) in [5.41, 5.74) is 1.74. The average molecular weight is 504 g/mol. The van der Waals surface area contributed by atoms with Crippen molar-refractivity contribution in [3.05, 3.63) is 48.0 Å². The average Bonchev–Trinajstić information content (AvgIpc) is 3.46. The number of carbonyl (C=O) groups is 1. The maximum Gasteiger partial charge on any atom is 0.252 e. The first-order chi connectivity index (χ1) is 16.1. The number of ether oxygens (including phenoxy) is 3. The molecule has 1 aliphatic heterocycles. The Bertz CT molecular complexity index is 1150. The van der Waals surface area contributed by atoms with Gasteiger partial charge in [0.2, 0.25) is 6.79 Å². The van der Waals surface area contributed by atoms with Gasteiger partial charge in [0.25, 0.3) is 5.91 Å². The van der Waals surface area contributed by atoms with Gasteiger partial charge < -0.3 is 19.1 Å². The number of aromatic nitrogens is 1. The third-order valence-electron chi connectivity index (χ3n) is 5.51. The molecule has 0 unspecified atom stereocenters. The van der Waals surface area contributed by atoms with Gasteiger partial charge >= 0.3 is 0 Å². The number of benzene rings is 2. The molecule has 0 aliphatic carbocycles. The minimum atomic E-state index is -0.107. The van der Waals surface area contributed by atoms with E-state index in [4.69, 9.17) is 19.2 Å². The second-order valence-electron chi connectivity index (χ2n) is 7.52. The van der Waals surface area contributed by atoms with Crippen molar-refractivity contribution in [1.82, 2.24) is 9.88 Å². The van der Waals surface area contributed by atoms with Gasteiger partial charge in [0.15, 0.2) is 16.6 Å². The molecule has 0 radical (unpaired) electrons. The summed E-state index contributed by atoms with van der Waals surface area (Å²) in [6, 6.07) is 11.5. The summed E-state index contributed by atoms with van der Waals surface area (Å²) in [5, 5.41) is 0.686. The Morgan fingerprint density at radius 3 is 2.65 bits per heavy atom. The smallest absolute Gasteiger partial charge is 0.252 e. The number of rotatable bonds is 10. The van der Waals surface area contributed by atoms with Gasteiger partial charge in [-0.3, -0.25) is 9.69 Å². The molecule has 0 atom stereocenters. The normalized spacial score (nSPS) is 12.4. The Hall–Kier alpha value is -2.81. The van der Waals surface area contributed by atoms with Crippen LogP contribution in [-0.4, -0.2) is 55.4 Å². The molecule has 1 aromatic heterocycles. The summed E-state index contributed by atoms with van der Waals surface area (Å²) in [6.07, 6.45) is 3.40. The molecule has 7 nitrogen and oxygen atoms in total. The first-order valence-electron chi connectivity index (χ1n) is 11.3. The van der Waals surface area contributed by atoms with Crippen molar-refractivity contribution in [3.8, 4) is 17.2 Å². The van der Waals surface area contributed by atoms with E-state index in [0.717, 1.165) is 46.9 Å². The third-order valence-corrected chi connectivity index (χ3v) is 6.55. The molecule has 182 valence electrons. The van der Waals surface area contributed by atoms with Crippen molar-refractivity contribution < 1.29 is 19.0 Å². The highest BCUT2D eigenvalue weighted by Crippen LogP contribution is 2.33. The maximum absolute atomic E-state index is 13.3. The molecular weight excluding hydrogens is 474 g/mol. The summed E-state index contributed by atoms with van der Waals surface area (Å²) in [4.78, 5) is 22.1. The molecule has 4 rings (SSSR count). The van der Waals surface area contributed by atoms with E-state index in [-0.39, 0.29) is 25.1 Å². The molecule has 34 heavy (non-hydrogen) atoms. The molecule has 0 spiro atoms. The Morgan fingerprint density at radius 1 is 1.09 bits per heavy atom. The first kappa shape index (κ1) is 25.8. The van der Waals surface area contributed by atoms with Crippen LogP contribution in [0.2, 0.25) is 0 Å².